The van der Waals surface area contributed by atoms with E-state index in [-0.39, 0.29) is 11.4 Å². The van der Waals surface area contributed by atoms with Crippen molar-refractivity contribution < 1.29 is 0 Å². The van der Waals surface area contributed by atoms with Gasteiger partial charge >= 0.3 is 0 Å². The molecule has 0 saturated heterocycles. The van der Waals surface area contributed by atoms with Crippen LogP contribution >= 0.6 is 11.6 Å². The van der Waals surface area contributed by atoms with Crippen molar-refractivity contribution in [3.63, 3.8) is 0 Å². The van der Waals surface area contributed by atoms with Gasteiger partial charge in [0.15, 0.2) is 0 Å². The summed E-state index contributed by atoms with van der Waals surface area (Å²) in [6.07, 6.45) is 0.866. The number of benzene rings is 1. The molecule has 20 heavy (non-hydrogen) atoms. The van der Waals surface area contributed by atoms with Gasteiger partial charge in [-0.1, -0.05) is 24.6 Å². The Morgan fingerprint density at radius 1 is 1.25 bits per heavy atom. The van der Waals surface area contributed by atoms with Crippen LogP contribution in [-0.2, 0) is 12.4 Å². The van der Waals surface area contributed by atoms with Crippen LogP contribution < -0.4 is 5.56 Å². The van der Waals surface area contributed by atoms with E-state index in [2.05, 4.69) is 23.3 Å². The molecule has 1 aromatic heterocycles. The second kappa shape index (κ2) is 6.23. The molecule has 0 aliphatic heterocycles. The first-order valence-electron chi connectivity index (χ1n) is 6.81. The minimum Gasteiger partial charge on any atom is -0.267 e. The fourth-order valence-electron chi connectivity index (χ4n) is 2.20. The smallest absolute Gasteiger partial charge is 0.267 e. The normalized spacial score (nSPS) is 10.8. The zero-order valence-corrected chi connectivity index (χ0v) is 12.9. The molecule has 1 heterocycles. The SMILES string of the molecule is CCCn1nc(-c2cc(C)ccc2C)cc(CCl)c1=O. The summed E-state index contributed by atoms with van der Waals surface area (Å²) in [5.41, 5.74) is 4.71. The van der Waals surface area contributed by atoms with Crippen LogP contribution in [0.3, 0.4) is 0 Å². The number of nitrogens with zero attached hydrogens (tertiary/aromatic N) is 2. The summed E-state index contributed by atoms with van der Waals surface area (Å²) in [7, 11) is 0. The maximum atomic E-state index is 12.1. The van der Waals surface area contributed by atoms with Crippen molar-refractivity contribution in [3.8, 4) is 11.3 Å². The third-order valence-electron chi connectivity index (χ3n) is 3.30. The molecular weight excluding hydrogens is 272 g/mol. The summed E-state index contributed by atoms with van der Waals surface area (Å²) in [4.78, 5) is 12.1. The molecule has 0 spiro atoms. The summed E-state index contributed by atoms with van der Waals surface area (Å²) in [6.45, 7) is 6.74. The molecule has 2 rings (SSSR count). The summed E-state index contributed by atoms with van der Waals surface area (Å²) < 4.78 is 1.52. The molecule has 106 valence electrons. The number of halogens is 1. The fourth-order valence-corrected chi connectivity index (χ4v) is 2.39. The van der Waals surface area contributed by atoms with Gasteiger partial charge in [0.2, 0.25) is 0 Å². The Bertz CT molecular complexity index is 677. The summed E-state index contributed by atoms with van der Waals surface area (Å²) in [5.74, 6) is 0.211. The van der Waals surface area contributed by atoms with Crippen LogP contribution in [0.2, 0.25) is 0 Å². The van der Waals surface area contributed by atoms with Crippen LogP contribution in [0, 0.1) is 13.8 Å². The average Bonchev–Trinajstić information content (AvgIpc) is 2.44. The van der Waals surface area contributed by atoms with E-state index in [1.165, 1.54) is 10.2 Å². The Balaban J connectivity index is 2.65. The molecular formula is C16H19ClN2O. The summed E-state index contributed by atoms with van der Waals surface area (Å²) in [5, 5.41) is 4.49. The van der Waals surface area contributed by atoms with Crippen LogP contribution in [0.5, 0.6) is 0 Å². The van der Waals surface area contributed by atoms with Gasteiger partial charge in [-0.05, 0) is 38.0 Å². The minimum atomic E-state index is -0.0871. The highest BCUT2D eigenvalue weighted by Gasteiger charge is 2.10. The molecule has 0 unspecified atom stereocenters. The van der Waals surface area contributed by atoms with Crippen molar-refractivity contribution in [2.45, 2.75) is 39.6 Å². The highest BCUT2D eigenvalue weighted by atomic mass is 35.5. The lowest BCUT2D eigenvalue weighted by molar-refractivity contribution is 0.566. The van der Waals surface area contributed by atoms with Gasteiger partial charge < -0.3 is 0 Å². The van der Waals surface area contributed by atoms with E-state index in [0.29, 0.717) is 12.1 Å². The van der Waals surface area contributed by atoms with Crippen LogP contribution in [-0.4, -0.2) is 9.78 Å². The number of rotatable bonds is 4. The number of hydrogen-bond acceptors (Lipinski definition) is 2. The van der Waals surface area contributed by atoms with Crippen molar-refractivity contribution in [1.29, 1.82) is 0 Å². The molecule has 0 N–H and O–H groups in total. The zero-order valence-electron chi connectivity index (χ0n) is 12.1. The first-order valence-corrected chi connectivity index (χ1v) is 7.35. The van der Waals surface area contributed by atoms with Gasteiger partial charge in [0, 0.05) is 17.7 Å². The van der Waals surface area contributed by atoms with E-state index in [9.17, 15) is 4.79 Å². The van der Waals surface area contributed by atoms with Crippen molar-refractivity contribution in [1.82, 2.24) is 9.78 Å². The third kappa shape index (κ3) is 2.93. The molecule has 0 saturated carbocycles. The Kier molecular flexibility index (Phi) is 4.61. The monoisotopic (exact) mass is 290 g/mol. The predicted molar refractivity (Wildman–Crippen MR) is 83.3 cm³/mol. The highest BCUT2D eigenvalue weighted by molar-refractivity contribution is 6.17. The number of aryl methyl sites for hydroxylation is 3. The molecule has 0 fully saturated rings. The van der Waals surface area contributed by atoms with E-state index < -0.39 is 0 Å². The maximum Gasteiger partial charge on any atom is 0.271 e. The van der Waals surface area contributed by atoms with E-state index in [1.807, 2.05) is 26.8 Å². The third-order valence-corrected chi connectivity index (χ3v) is 3.58. The van der Waals surface area contributed by atoms with Gasteiger partial charge in [-0.2, -0.15) is 5.10 Å². The first kappa shape index (κ1) is 14.8. The van der Waals surface area contributed by atoms with Crippen LogP contribution in [0.25, 0.3) is 11.3 Å². The van der Waals surface area contributed by atoms with Crippen molar-refractivity contribution in [2.75, 3.05) is 0 Å². The standard InChI is InChI=1S/C16H19ClN2O/c1-4-7-19-16(20)13(10-17)9-15(18-19)14-8-11(2)5-6-12(14)3/h5-6,8-9H,4,7,10H2,1-3H3. The molecule has 0 amide bonds. The predicted octanol–water partition coefficient (Wildman–Crippen LogP) is 3.68. The van der Waals surface area contributed by atoms with E-state index in [4.69, 9.17) is 11.6 Å². The molecule has 0 radical (unpaired) electrons. The van der Waals surface area contributed by atoms with Gasteiger partial charge in [0.05, 0.1) is 11.6 Å². The van der Waals surface area contributed by atoms with E-state index in [0.717, 1.165) is 23.2 Å². The molecule has 4 heteroatoms. The zero-order chi connectivity index (χ0) is 14.7. The molecule has 1 aromatic carbocycles. The lowest BCUT2D eigenvalue weighted by Gasteiger charge is -2.11. The molecule has 2 aromatic rings. The van der Waals surface area contributed by atoms with Crippen molar-refractivity contribution in [2.24, 2.45) is 0 Å². The Hall–Kier alpha value is -1.61. The number of aromatic nitrogens is 2. The second-order valence-electron chi connectivity index (χ2n) is 5.04. The topological polar surface area (TPSA) is 34.9 Å². The van der Waals surface area contributed by atoms with Crippen molar-refractivity contribution in [3.05, 3.63) is 51.3 Å². The van der Waals surface area contributed by atoms with E-state index >= 15 is 0 Å². The molecule has 0 bridgehead atoms. The fraction of sp³-hybridized carbons (Fsp3) is 0.375. The van der Waals surface area contributed by atoms with Gasteiger partial charge in [0.25, 0.3) is 5.56 Å². The Morgan fingerprint density at radius 2 is 2.00 bits per heavy atom. The molecule has 0 aliphatic rings. The first-order chi connectivity index (χ1) is 9.56. The molecule has 0 aliphatic carbocycles. The van der Waals surface area contributed by atoms with Crippen molar-refractivity contribution >= 4 is 11.6 Å². The van der Waals surface area contributed by atoms with Crippen LogP contribution in [0.1, 0.15) is 30.0 Å². The van der Waals surface area contributed by atoms with Gasteiger partial charge in [-0.15, -0.1) is 11.6 Å². The lowest BCUT2D eigenvalue weighted by Crippen LogP contribution is -2.26. The minimum absolute atomic E-state index is 0.0871. The second-order valence-corrected chi connectivity index (χ2v) is 5.30. The number of alkyl halides is 1. The maximum absolute atomic E-state index is 12.1. The van der Waals surface area contributed by atoms with Crippen LogP contribution in [0.15, 0.2) is 29.1 Å². The quantitative estimate of drug-likeness (QED) is 0.805. The Morgan fingerprint density at radius 3 is 2.65 bits per heavy atom. The van der Waals surface area contributed by atoms with Gasteiger partial charge in [-0.3, -0.25) is 4.79 Å². The number of hydrogen-bond donors (Lipinski definition) is 0. The molecule has 0 atom stereocenters. The van der Waals surface area contributed by atoms with Gasteiger partial charge in [-0.25, -0.2) is 4.68 Å². The average molecular weight is 291 g/mol. The summed E-state index contributed by atoms with van der Waals surface area (Å²) >= 11 is 5.89. The largest absolute Gasteiger partial charge is 0.271 e. The lowest BCUT2D eigenvalue weighted by atomic mass is 10.0. The van der Waals surface area contributed by atoms with Gasteiger partial charge in [0.1, 0.15) is 0 Å². The highest BCUT2D eigenvalue weighted by Crippen LogP contribution is 2.23. The Labute approximate surface area is 124 Å². The van der Waals surface area contributed by atoms with E-state index in [1.54, 1.807) is 0 Å². The molecule has 3 nitrogen and oxygen atoms in total. The van der Waals surface area contributed by atoms with Crippen LogP contribution in [0.4, 0.5) is 0 Å². The summed E-state index contributed by atoms with van der Waals surface area (Å²) in [6, 6.07) is 8.05.